The maximum absolute atomic E-state index is 11.2. The number of nitriles is 1. The average molecular weight is 277 g/mol. The maximum atomic E-state index is 11.2. The number of hydrogen-bond donors (Lipinski definition) is 0. The van der Waals surface area contributed by atoms with E-state index in [0.29, 0.717) is 6.42 Å². The van der Waals surface area contributed by atoms with Gasteiger partial charge in [-0.15, -0.1) is 11.8 Å². The highest BCUT2D eigenvalue weighted by molar-refractivity contribution is 8.17. The molecule has 16 heavy (non-hydrogen) atoms. The second-order valence-corrected chi connectivity index (χ2v) is 6.07. The van der Waals surface area contributed by atoms with Gasteiger partial charge in [0.15, 0.2) is 0 Å². The zero-order valence-electron chi connectivity index (χ0n) is 9.39. The van der Waals surface area contributed by atoms with Crippen molar-refractivity contribution in [3.05, 3.63) is 0 Å². The van der Waals surface area contributed by atoms with E-state index in [9.17, 15) is 4.79 Å². The lowest BCUT2D eigenvalue weighted by Crippen LogP contribution is -2.19. The summed E-state index contributed by atoms with van der Waals surface area (Å²) in [5, 5.41) is 9.05. The summed E-state index contributed by atoms with van der Waals surface area (Å²) < 4.78 is 5.52. The number of thiocarbonyl (C=S) groups is 1. The highest BCUT2D eigenvalue weighted by atomic mass is 32.2. The Hall–Kier alpha value is -0.250. The summed E-state index contributed by atoms with van der Waals surface area (Å²) in [4.78, 5) is 11.2. The highest BCUT2D eigenvalue weighted by Crippen LogP contribution is 2.30. The standard InChI is InChI=1S/C10H15NO2S3/c1-3-6-15-10(2,7-11)5-4-9(12)13-16-8-14/h8H,3-6H2,1-2H3. The molecule has 0 aromatic rings. The first-order chi connectivity index (χ1) is 7.58. The van der Waals surface area contributed by atoms with Gasteiger partial charge in [-0.2, -0.15) is 5.26 Å². The minimum Gasteiger partial charge on any atom is -0.386 e. The van der Waals surface area contributed by atoms with Gasteiger partial charge in [-0.25, -0.2) is 0 Å². The summed E-state index contributed by atoms with van der Waals surface area (Å²) in [7, 11) is 0. The third-order valence-corrected chi connectivity index (χ3v) is 3.99. The van der Waals surface area contributed by atoms with Gasteiger partial charge in [0.1, 0.15) is 4.75 Å². The lowest BCUT2D eigenvalue weighted by atomic mass is 10.1. The van der Waals surface area contributed by atoms with Gasteiger partial charge in [-0.05, 0) is 25.5 Å². The first-order valence-corrected chi connectivity index (χ1v) is 7.19. The monoisotopic (exact) mass is 277 g/mol. The van der Waals surface area contributed by atoms with E-state index >= 15 is 0 Å². The molecular formula is C10H15NO2S3. The predicted molar refractivity (Wildman–Crippen MR) is 73.3 cm³/mol. The molecule has 0 N–H and O–H groups in total. The summed E-state index contributed by atoms with van der Waals surface area (Å²) in [6.45, 7) is 3.92. The van der Waals surface area contributed by atoms with E-state index in [1.165, 1.54) is 4.70 Å². The van der Waals surface area contributed by atoms with E-state index in [0.717, 1.165) is 24.2 Å². The van der Waals surface area contributed by atoms with E-state index in [1.54, 1.807) is 11.8 Å². The molecule has 0 aromatic heterocycles. The quantitative estimate of drug-likeness (QED) is 0.501. The molecule has 0 amide bonds. The number of nitrogens with zero attached hydrogens (tertiary/aromatic N) is 1. The molecule has 3 nitrogen and oxygen atoms in total. The third-order valence-electron chi connectivity index (χ3n) is 1.85. The Balaban J connectivity index is 3.99. The summed E-state index contributed by atoms with van der Waals surface area (Å²) in [6.07, 6.45) is 1.77. The Kier molecular flexibility index (Phi) is 8.71. The molecule has 0 aromatic carbocycles. The topological polar surface area (TPSA) is 50.1 Å². The van der Waals surface area contributed by atoms with E-state index < -0.39 is 4.75 Å². The minimum absolute atomic E-state index is 0.247. The number of hydrogen-bond acceptors (Lipinski definition) is 6. The molecule has 0 aliphatic heterocycles. The molecule has 0 radical (unpaired) electrons. The lowest BCUT2D eigenvalue weighted by molar-refractivity contribution is -0.133. The predicted octanol–water partition coefficient (Wildman–Crippen LogP) is 3.34. The molecule has 6 heteroatoms. The average Bonchev–Trinajstić information content (AvgIpc) is 2.31. The van der Waals surface area contributed by atoms with Crippen LogP contribution in [0.15, 0.2) is 0 Å². The molecule has 1 atom stereocenters. The number of rotatable bonds is 8. The van der Waals surface area contributed by atoms with Gasteiger partial charge < -0.3 is 4.18 Å². The number of thioether (sulfide) groups is 1. The SMILES string of the molecule is CCCSC(C)(C#N)CCC(=O)OSC=S. The van der Waals surface area contributed by atoms with Crippen LogP contribution in [0.5, 0.6) is 0 Å². The first kappa shape index (κ1) is 15.8. The van der Waals surface area contributed by atoms with E-state index in [2.05, 4.69) is 25.2 Å². The molecule has 0 heterocycles. The Labute approximate surface area is 111 Å². The molecule has 0 aliphatic carbocycles. The van der Waals surface area contributed by atoms with Crippen molar-refractivity contribution < 1.29 is 8.98 Å². The smallest absolute Gasteiger partial charge is 0.318 e. The molecule has 0 rings (SSSR count). The summed E-state index contributed by atoms with van der Waals surface area (Å²) >= 11 is 6.94. The summed E-state index contributed by atoms with van der Waals surface area (Å²) in [6, 6.07) is 2.24. The van der Waals surface area contributed by atoms with Crippen LogP contribution in [-0.2, 0) is 8.98 Å². The normalized spacial score (nSPS) is 13.6. The molecule has 0 saturated heterocycles. The molecule has 0 bridgehead atoms. The van der Waals surface area contributed by atoms with E-state index in [1.807, 2.05) is 6.92 Å². The van der Waals surface area contributed by atoms with Gasteiger partial charge in [0.25, 0.3) is 0 Å². The number of carbonyl (C=O) groups is 1. The van der Waals surface area contributed by atoms with Crippen LogP contribution in [0.4, 0.5) is 0 Å². The van der Waals surface area contributed by atoms with Crippen LogP contribution in [0.1, 0.15) is 33.1 Å². The third kappa shape index (κ3) is 7.09. The van der Waals surface area contributed by atoms with Crippen LogP contribution in [0, 0.1) is 11.3 Å². The van der Waals surface area contributed by atoms with Gasteiger partial charge in [-0.3, -0.25) is 4.79 Å². The van der Waals surface area contributed by atoms with Gasteiger partial charge in [0.2, 0.25) is 0 Å². The van der Waals surface area contributed by atoms with Crippen LogP contribution >= 0.6 is 36.0 Å². The van der Waals surface area contributed by atoms with E-state index in [-0.39, 0.29) is 12.4 Å². The summed E-state index contributed by atoms with van der Waals surface area (Å²) in [5.41, 5.74) is 0. The molecule has 1 unspecified atom stereocenters. The van der Waals surface area contributed by atoms with Crippen molar-refractivity contribution >= 4 is 46.7 Å². The zero-order chi connectivity index (χ0) is 12.4. The van der Waals surface area contributed by atoms with Gasteiger partial charge >= 0.3 is 5.97 Å². The van der Waals surface area contributed by atoms with Crippen LogP contribution < -0.4 is 0 Å². The number of carbonyl (C=O) groups excluding carboxylic acids is 1. The van der Waals surface area contributed by atoms with Gasteiger partial charge in [0.05, 0.1) is 22.8 Å². The minimum atomic E-state index is -0.503. The molecule has 0 aliphatic rings. The Bertz CT molecular complexity index is 278. The van der Waals surface area contributed by atoms with E-state index in [4.69, 9.17) is 9.44 Å². The van der Waals surface area contributed by atoms with Crippen molar-refractivity contribution in [2.45, 2.75) is 37.9 Å². The second kappa shape index (κ2) is 8.85. The Morgan fingerprint density at radius 2 is 2.38 bits per heavy atom. The second-order valence-electron chi connectivity index (χ2n) is 3.34. The van der Waals surface area contributed by atoms with Crippen LogP contribution in [0.2, 0.25) is 0 Å². The molecule has 0 saturated carbocycles. The molecule has 90 valence electrons. The van der Waals surface area contributed by atoms with Crippen LogP contribution in [0.3, 0.4) is 0 Å². The fourth-order valence-electron chi connectivity index (χ4n) is 0.943. The van der Waals surface area contributed by atoms with Crippen molar-refractivity contribution in [3.63, 3.8) is 0 Å². The van der Waals surface area contributed by atoms with Crippen molar-refractivity contribution in [2.24, 2.45) is 0 Å². The highest BCUT2D eigenvalue weighted by Gasteiger charge is 2.25. The Morgan fingerprint density at radius 3 is 2.88 bits per heavy atom. The fraction of sp³-hybridized carbons (Fsp3) is 0.700. The van der Waals surface area contributed by atoms with Crippen LogP contribution in [0.25, 0.3) is 0 Å². The van der Waals surface area contributed by atoms with Crippen LogP contribution in [-0.4, -0.2) is 21.2 Å². The zero-order valence-corrected chi connectivity index (χ0v) is 11.8. The molecule has 0 fully saturated rings. The van der Waals surface area contributed by atoms with Crippen molar-refractivity contribution in [1.29, 1.82) is 5.26 Å². The largest absolute Gasteiger partial charge is 0.386 e. The van der Waals surface area contributed by atoms with Crippen molar-refractivity contribution in [3.8, 4) is 6.07 Å². The first-order valence-electron chi connectivity index (χ1n) is 4.93. The van der Waals surface area contributed by atoms with Crippen molar-refractivity contribution in [1.82, 2.24) is 0 Å². The molecular weight excluding hydrogens is 262 g/mol. The fourth-order valence-corrected chi connectivity index (χ4v) is 2.26. The molecule has 0 spiro atoms. The summed E-state index contributed by atoms with van der Waals surface area (Å²) in [5.74, 6) is 0.595. The van der Waals surface area contributed by atoms with Crippen molar-refractivity contribution in [2.75, 3.05) is 5.75 Å². The maximum Gasteiger partial charge on any atom is 0.318 e. The van der Waals surface area contributed by atoms with Gasteiger partial charge in [-0.1, -0.05) is 19.1 Å². The van der Waals surface area contributed by atoms with Gasteiger partial charge in [0, 0.05) is 6.42 Å². The lowest BCUT2D eigenvalue weighted by Gasteiger charge is -2.19. The Morgan fingerprint density at radius 1 is 1.69 bits per heavy atom.